The van der Waals surface area contributed by atoms with Crippen LogP contribution in [0.1, 0.15) is 11.6 Å². The number of rotatable bonds is 7. The van der Waals surface area contributed by atoms with Crippen LogP contribution in [-0.2, 0) is 10.0 Å². The van der Waals surface area contributed by atoms with Crippen LogP contribution in [0.3, 0.4) is 0 Å². The van der Waals surface area contributed by atoms with Gasteiger partial charge in [-0.2, -0.15) is 0 Å². The van der Waals surface area contributed by atoms with Crippen molar-refractivity contribution in [2.75, 3.05) is 27.7 Å². The van der Waals surface area contributed by atoms with Gasteiger partial charge in [0.15, 0.2) is 0 Å². The van der Waals surface area contributed by atoms with Gasteiger partial charge in [0.25, 0.3) is 0 Å². The summed E-state index contributed by atoms with van der Waals surface area (Å²) in [6, 6.07) is 10.9. The van der Waals surface area contributed by atoms with Gasteiger partial charge in [-0.15, -0.1) is 11.3 Å². The van der Waals surface area contributed by atoms with E-state index >= 15 is 0 Å². The quantitative estimate of drug-likeness (QED) is 0.840. The number of likely N-dealkylation sites (N-methyl/N-ethyl adjacent to an activating group) is 1. The fourth-order valence-corrected chi connectivity index (χ4v) is 4.20. The van der Waals surface area contributed by atoms with Crippen molar-refractivity contribution in [3.63, 3.8) is 0 Å². The van der Waals surface area contributed by atoms with E-state index in [1.807, 2.05) is 43.3 Å². The molecule has 5 nitrogen and oxygen atoms in total. The molecule has 22 heavy (non-hydrogen) atoms. The fraction of sp³-hybridized carbons (Fsp3) is 0.333. The van der Waals surface area contributed by atoms with Crippen molar-refractivity contribution in [1.29, 1.82) is 0 Å². The van der Waals surface area contributed by atoms with Crippen LogP contribution in [0.5, 0.6) is 5.75 Å². The number of hydrogen-bond acceptors (Lipinski definition) is 5. The first-order valence-electron chi connectivity index (χ1n) is 6.77. The number of hydrogen-bond donors (Lipinski definition) is 1. The molecule has 0 aliphatic rings. The first-order valence-corrected chi connectivity index (χ1v) is 9.14. The molecule has 0 saturated carbocycles. The Kier molecular flexibility index (Phi) is 5.57. The summed E-state index contributed by atoms with van der Waals surface area (Å²) >= 11 is 1.21. The van der Waals surface area contributed by atoms with Crippen LogP contribution in [-0.4, -0.2) is 41.1 Å². The molecule has 0 bridgehead atoms. The van der Waals surface area contributed by atoms with Crippen molar-refractivity contribution >= 4 is 21.4 Å². The summed E-state index contributed by atoms with van der Waals surface area (Å²) in [7, 11) is 2.00. The molecule has 0 amide bonds. The van der Waals surface area contributed by atoms with Gasteiger partial charge < -0.3 is 9.64 Å². The molecule has 0 radical (unpaired) electrons. The lowest BCUT2D eigenvalue weighted by atomic mass is 10.1. The number of nitrogens with one attached hydrogen (secondary N) is 1. The van der Waals surface area contributed by atoms with Crippen molar-refractivity contribution in [2.24, 2.45) is 0 Å². The Morgan fingerprint density at radius 3 is 2.64 bits per heavy atom. The second-order valence-electron chi connectivity index (χ2n) is 5.04. The first-order chi connectivity index (χ1) is 10.4. The summed E-state index contributed by atoms with van der Waals surface area (Å²) in [5.74, 6) is 0.755. The Bertz CT molecular complexity index is 697. The fourth-order valence-electron chi connectivity index (χ4n) is 2.12. The molecule has 0 aliphatic carbocycles. The number of ether oxygens (including phenoxy) is 1. The molecule has 0 spiro atoms. The minimum absolute atomic E-state index is 0.0789. The zero-order valence-corrected chi connectivity index (χ0v) is 14.4. The molecule has 7 heteroatoms. The van der Waals surface area contributed by atoms with Gasteiger partial charge in [-0.05, 0) is 43.2 Å². The van der Waals surface area contributed by atoms with Crippen molar-refractivity contribution < 1.29 is 13.2 Å². The summed E-state index contributed by atoms with van der Waals surface area (Å²) in [5.41, 5.74) is 0.998. The Morgan fingerprint density at radius 2 is 2.05 bits per heavy atom. The molecular formula is C15H20N2O3S2. The highest BCUT2D eigenvalue weighted by atomic mass is 32.2. The highest BCUT2D eigenvalue weighted by Gasteiger charge is 2.20. The van der Waals surface area contributed by atoms with Crippen molar-refractivity contribution in [1.82, 2.24) is 9.62 Å². The third kappa shape index (κ3) is 4.07. The van der Waals surface area contributed by atoms with Gasteiger partial charge in [-0.25, -0.2) is 13.1 Å². The van der Waals surface area contributed by atoms with Gasteiger partial charge >= 0.3 is 0 Å². The summed E-state index contributed by atoms with van der Waals surface area (Å²) < 4.78 is 32.7. The normalized spacial score (nSPS) is 13.3. The molecule has 1 aromatic carbocycles. The number of benzene rings is 1. The maximum absolute atomic E-state index is 12.2. The van der Waals surface area contributed by atoms with Crippen LogP contribution >= 0.6 is 11.3 Å². The predicted molar refractivity (Wildman–Crippen MR) is 88.9 cm³/mol. The molecule has 1 N–H and O–H groups in total. The molecule has 1 unspecified atom stereocenters. The largest absolute Gasteiger partial charge is 0.497 e. The van der Waals surface area contributed by atoms with Crippen LogP contribution in [0, 0.1) is 0 Å². The van der Waals surface area contributed by atoms with Crippen LogP contribution in [0.4, 0.5) is 0 Å². The molecule has 0 aliphatic heterocycles. The molecule has 1 aromatic heterocycles. The third-order valence-corrected chi connectivity index (χ3v) is 6.15. The van der Waals surface area contributed by atoms with Gasteiger partial charge in [0, 0.05) is 12.6 Å². The van der Waals surface area contributed by atoms with Gasteiger partial charge in [-0.3, -0.25) is 0 Å². The van der Waals surface area contributed by atoms with Gasteiger partial charge in [0.2, 0.25) is 10.0 Å². The van der Waals surface area contributed by atoms with Gasteiger partial charge in [0.05, 0.1) is 7.11 Å². The Labute approximate surface area is 135 Å². The minimum atomic E-state index is -3.46. The van der Waals surface area contributed by atoms with E-state index in [0.29, 0.717) is 10.8 Å². The third-order valence-electron chi connectivity index (χ3n) is 3.33. The first kappa shape index (κ1) is 17.0. The number of nitrogens with zero attached hydrogens (tertiary/aromatic N) is 1. The van der Waals surface area contributed by atoms with E-state index in [4.69, 9.17) is 4.74 Å². The Balaban J connectivity index is 2.16. The average Bonchev–Trinajstić information content (AvgIpc) is 3.02. The zero-order chi connectivity index (χ0) is 16.2. The van der Waals surface area contributed by atoms with E-state index < -0.39 is 10.0 Å². The van der Waals surface area contributed by atoms with Gasteiger partial charge in [0.1, 0.15) is 9.96 Å². The lowest BCUT2D eigenvalue weighted by Gasteiger charge is -2.25. The molecule has 1 atom stereocenters. The molecule has 2 rings (SSSR count). The van der Waals surface area contributed by atoms with Crippen molar-refractivity contribution in [3.05, 3.63) is 47.3 Å². The predicted octanol–water partition coefficient (Wildman–Crippen LogP) is 2.34. The van der Waals surface area contributed by atoms with Crippen LogP contribution in [0.2, 0.25) is 0 Å². The maximum atomic E-state index is 12.2. The zero-order valence-electron chi connectivity index (χ0n) is 12.8. The number of methoxy groups -OCH3 is 1. The Hall–Kier alpha value is -1.41. The van der Waals surface area contributed by atoms with E-state index in [9.17, 15) is 8.42 Å². The molecule has 120 valence electrons. The monoisotopic (exact) mass is 340 g/mol. The minimum Gasteiger partial charge on any atom is -0.497 e. The average molecular weight is 340 g/mol. The lowest BCUT2D eigenvalue weighted by Crippen LogP contribution is -2.34. The van der Waals surface area contributed by atoms with Crippen LogP contribution < -0.4 is 9.46 Å². The van der Waals surface area contributed by atoms with Crippen molar-refractivity contribution in [2.45, 2.75) is 10.3 Å². The molecule has 0 fully saturated rings. The second kappa shape index (κ2) is 7.23. The van der Waals surface area contributed by atoms with E-state index in [1.165, 1.54) is 11.3 Å². The van der Waals surface area contributed by atoms with E-state index in [2.05, 4.69) is 4.72 Å². The SMILES string of the molecule is COc1cccc(C(CNS(=O)(=O)c2cccs2)N(C)C)c1. The lowest BCUT2D eigenvalue weighted by molar-refractivity contribution is 0.298. The van der Waals surface area contributed by atoms with Crippen molar-refractivity contribution in [3.8, 4) is 5.75 Å². The molecule has 0 saturated heterocycles. The van der Waals surface area contributed by atoms with E-state index in [0.717, 1.165) is 11.3 Å². The Morgan fingerprint density at radius 1 is 1.27 bits per heavy atom. The summed E-state index contributed by atoms with van der Waals surface area (Å²) in [6.45, 7) is 0.292. The molecule has 2 aromatic rings. The summed E-state index contributed by atoms with van der Waals surface area (Å²) in [5, 5.41) is 1.75. The number of sulfonamides is 1. The number of thiophene rings is 1. The van der Waals surface area contributed by atoms with Crippen LogP contribution in [0.25, 0.3) is 0 Å². The topological polar surface area (TPSA) is 58.6 Å². The highest BCUT2D eigenvalue weighted by Crippen LogP contribution is 2.23. The standard InChI is InChI=1S/C15H20N2O3S2/c1-17(2)14(12-6-4-7-13(10-12)20-3)11-16-22(18,19)15-8-5-9-21-15/h4-10,14,16H,11H2,1-3H3. The van der Waals surface area contributed by atoms with Gasteiger partial charge in [-0.1, -0.05) is 18.2 Å². The highest BCUT2D eigenvalue weighted by molar-refractivity contribution is 7.91. The molecular weight excluding hydrogens is 320 g/mol. The van der Waals surface area contributed by atoms with Crippen LogP contribution in [0.15, 0.2) is 46.0 Å². The summed E-state index contributed by atoms with van der Waals surface area (Å²) in [6.07, 6.45) is 0. The molecule has 1 heterocycles. The van der Waals surface area contributed by atoms with E-state index in [-0.39, 0.29) is 6.04 Å². The second-order valence-corrected chi connectivity index (χ2v) is 7.98. The maximum Gasteiger partial charge on any atom is 0.250 e. The van der Waals surface area contributed by atoms with E-state index in [1.54, 1.807) is 24.6 Å². The smallest absolute Gasteiger partial charge is 0.250 e. The summed E-state index contributed by atoms with van der Waals surface area (Å²) in [4.78, 5) is 1.98.